The molecule has 8 heteroatoms. The SMILES string of the molecule is Cn1cc(C(F)(F)F)nc1-c1ccc(B2OC(C)(C)C(C)(C)O2)cc1. The highest BCUT2D eigenvalue weighted by atomic mass is 19.4. The average molecular weight is 352 g/mol. The van der Waals surface area contributed by atoms with Crippen LogP contribution in [0.15, 0.2) is 30.5 Å². The Kier molecular flexibility index (Phi) is 4.04. The largest absolute Gasteiger partial charge is 0.494 e. The summed E-state index contributed by atoms with van der Waals surface area (Å²) in [6.07, 6.45) is -3.48. The van der Waals surface area contributed by atoms with Crippen molar-refractivity contribution in [2.75, 3.05) is 0 Å². The summed E-state index contributed by atoms with van der Waals surface area (Å²) in [5.74, 6) is 0.257. The van der Waals surface area contributed by atoms with E-state index in [2.05, 4.69) is 4.98 Å². The molecule has 1 aliphatic heterocycles. The Balaban J connectivity index is 1.86. The lowest BCUT2D eigenvalue weighted by Gasteiger charge is -2.32. The fraction of sp³-hybridized carbons (Fsp3) is 0.471. The van der Waals surface area contributed by atoms with Gasteiger partial charge in [-0.3, -0.25) is 0 Å². The first kappa shape index (κ1) is 18.0. The van der Waals surface area contributed by atoms with Crippen LogP contribution in [0, 0.1) is 0 Å². The summed E-state index contributed by atoms with van der Waals surface area (Å²) in [7, 11) is 1.03. The van der Waals surface area contributed by atoms with Crippen LogP contribution in [0.25, 0.3) is 11.4 Å². The van der Waals surface area contributed by atoms with Gasteiger partial charge < -0.3 is 13.9 Å². The molecule has 0 unspecified atom stereocenters. The summed E-state index contributed by atoms with van der Waals surface area (Å²) >= 11 is 0. The standard InChI is InChI=1S/C17H20BF3N2O2/c1-15(2)16(3,4)25-18(24-15)12-8-6-11(7-9-12)14-22-13(10-23(14)5)17(19,20)21/h6-10H,1-5H3. The Hall–Kier alpha value is -1.80. The lowest BCUT2D eigenvalue weighted by Crippen LogP contribution is -2.41. The monoisotopic (exact) mass is 352 g/mol. The molecule has 0 saturated carbocycles. The second-order valence-corrected chi connectivity index (χ2v) is 7.27. The molecule has 0 bridgehead atoms. The minimum Gasteiger partial charge on any atom is -0.399 e. The van der Waals surface area contributed by atoms with E-state index < -0.39 is 30.2 Å². The normalized spacial score (nSPS) is 19.4. The van der Waals surface area contributed by atoms with Crippen molar-refractivity contribution in [2.24, 2.45) is 7.05 Å². The number of hydrogen-bond acceptors (Lipinski definition) is 3. The molecule has 2 aromatic rings. The summed E-state index contributed by atoms with van der Waals surface area (Å²) in [4.78, 5) is 3.70. The molecular weight excluding hydrogens is 332 g/mol. The van der Waals surface area contributed by atoms with E-state index in [-0.39, 0.29) is 5.82 Å². The second kappa shape index (κ2) is 5.61. The highest BCUT2D eigenvalue weighted by molar-refractivity contribution is 6.62. The maximum atomic E-state index is 12.8. The first-order valence-corrected chi connectivity index (χ1v) is 7.97. The van der Waals surface area contributed by atoms with E-state index in [1.165, 1.54) is 4.57 Å². The molecule has 1 aliphatic rings. The van der Waals surface area contributed by atoms with Gasteiger partial charge in [0.15, 0.2) is 5.69 Å². The fourth-order valence-electron chi connectivity index (χ4n) is 2.64. The van der Waals surface area contributed by atoms with E-state index in [1.807, 2.05) is 27.7 Å². The van der Waals surface area contributed by atoms with Gasteiger partial charge >= 0.3 is 13.3 Å². The van der Waals surface area contributed by atoms with Crippen LogP contribution < -0.4 is 5.46 Å². The zero-order chi connectivity index (χ0) is 18.6. The zero-order valence-corrected chi connectivity index (χ0v) is 14.8. The second-order valence-electron chi connectivity index (χ2n) is 7.27. The van der Waals surface area contributed by atoms with Gasteiger partial charge in [-0.15, -0.1) is 0 Å². The number of nitrogens with zero attached hydrogens (tertiary/aromatic N) is 2. The predicted molar refractivity (Wildman–Crippen MR) is 89.4 cm³/mol. The quantitative estimate of drug-likeness (QED) is 0.778. The van der Waals surface area contributed by atoms with Crippen molar-refractivity contribution in [3.05, 3.63) is 36.2 Å². The molecule has 0 N–H and O–H groups in total. The van der Waals surface area contributed by atoms with Crippen molar-refractivity contribution in [1.29, 1.82) is 0 Å². The van der Waals surface area contributed by atoms with Crippen molar-refractivity contribution in [3.8, 4) is 11.4 Å². The van der Waals surface area contributed by atoms with Gasteiger partial charge in [0.1, 0.15) is 5.82 Å². The van der Waals surface area contributed by atoms with Crippen LogP contribution in [-0.4, -0.2) is 27.9 Å². The van der Waals surface area contributed by atoms with E-state index in [0.717, 1.165) is 11.7 Å². The van der Waals surface area contributed by atoms with Gasteiger partial charge in [0.2, 0.25) is 0 Å². The minimum absolute atomic E-state index is 0.257. The molecule has 0 radical (unpaired) electrons. The summed E-state index contributed by atoms with van der Waals surface area (Å²) in [6, 6.07) is 7.03. The highest BCUT2D eigenvalue weighted by Crippen LogP contribution is 2.36. The molecule has 2 heterocycles. The van der Waals surface area contributed by atoms with Crippen LogP contribution in [0.2, 0.25) is 0 Å². The molecule has 25 heavy (non-hydrogen) atoms. The van der Waals surface area contributed by atoms with Crippen molar-refractivity contribution < 1.29 is 22.5 Å². The topological polar surface area (TPSA) is 36.3 Å². The maximum Gasteiger partial charge on any atom is 0.494 e. The van der Waals surface area contributed by atoms with E-state index in [4.69, 9.17) is 9.31 Å². The van der Waals surface area contributed by atoms with Crippen LogP contribution in [0.5, 0.6) is 0 Å². The number of hydrogen-bond donors (Lipinski definition) is 0. The molecule has 134 valence electrons. The van der Waals surface area contributed by atoms with Crippen molar-refractivity contribution in [2.45, 2.75) is 45.1 Å². The van der Waals surface area contributed by atoms with Gasteiger partial charge in [0, 0.05) is 18.8 Å². The molecule has 1 aromatic heterocycles. The Bertz CT molecular complexity index is 766. The first-order chi connectivity index (χ1) is 11.4. The van der Waals surface area contributed by atoms with Crippen LogP contribution in [0.3, 0.4) is 0 Å². The Morgan fingerprint density at radius 3 is 1.96 bits per heavy atom. The number of halogens is 3. The smallest absolute Gasteiger partial charge is 0.399 e. The summed E-state index contributed by atoms with van der Waals surface area (Å²) in [5, 5.41) is 0. The lowest BCUT2D eigenvalue weighted by atomic mass is 9.79. The molecule has 0 amide bonds. The Morgan fingerprint density at radius 2 is 1.52 bits per heavy atom. The molecule has 0 spiro atoms. The number of alkyl halides is 3. The van der Waals surface area contributed by atoms with Crippen molar-refractivity contribution >= 4 is 12.6 Å². The van der Waals surface area contributed by atoms with E-state index in [9.17, 15) is 13.2 Å². The molecule has 1 saturated heterocycles. The van der Waals surface area contributed by atoms with Crippen molar-refractivity contribution in [1.82, 2.24) is 9.55 Å². The molecule has 1 fully saturated rings. The van der Waals surface area contributed by atoms with Gasteiger partial charge in [-0.25, -0.2) is 4.98 Å². The summed E-state index contributed by atoms with van der Waals surface area (Å²) in [6.45, 7) is 7.86. The molecule has 0 atom stereocenters. The van der Waals surface area contributed by atoms with Gasteiger partial charge in [-0.2, -0.15) is 13.2 Å². The number of benzene rings is 1. The van der Waals surface area contributed by atoms with Gasteiger partial charge in [0.25, 0.3) is 0 Å². The average Bonchev–Trinajstić information content (AvgIpc) is 2.97. The van der Waals surface area contributed by atoms with Crippen molar-refractivity contribution in [3.63, 3.8) is 0 Å². The Labute approximate surface area is 145 Å². The van der Waals surface area contributed by atoms with Gasteiger partial charge in [-0.1, -0.05) is 24.3 Å². The van der Waals surface area contributed by atoms with Gasteiger partial charge in [0.05, 0.1) is 11.2 Å². The third kappa shape index (κ3) is 3.20. The van der Waals surface area contributed by atoms with Crippen LogP contribution in [0.4, 0.5) is 13.2 Å². The third-order valence-electron chi connectivity index (χ3n) is 4.86. The third-order valence-corrected chi connectivity index (χ3v) is 4.86. The summed E-state index contributed by atoms with van der Waals surface area (Å²) in [5.41, 5.74) is -0.388. The molecular formula is C17H20BF3N2O2. The number of rotatable bonds is 2. The fourth-order valence-corrected chi connectivity index (χ4v) is 2.64. The number of aromatic nitrogens is 2. The summed E-state index contributed by atoms with van der Waals surface area (Å²) < 4.78 is 51.7. The Morgan fingerprint density at radius 1 is 1.00 bits per heavy atom. The molecule has 4 nitrogen and oxygen atoms in total. The van der Waals surface area contributed by atoms with E-state index in [0.29, 0.717) is 5.56 Å². The van der Waals surface area contributed by atoms with E-state index in [1.54, 1.807) is 31.3 Å². The highest BCUT2D eigenvalue weighted by Gasteiger charge is 2.51. The molecule has 3 rings (SSSR count). The van der Waals surface area contributed by atoms with Gasteiger partial charge in [-0.05, 0) is 33.2 Å². The maximum absolute atomic E-state index is 12.8. The zero-order valence-electron chi connectivity index (χ0n) is 14.8. The van der Waals surface area contributed by atoms with E-state index >= 15 is 0 Å². The predicted octanol–water partition coefficient (Wildman–Crippen LogP) is 3.41. The number of imidazole rings is 1. The number of aryl methyl sites for hydroxylation is 1. The van der Waals surface area contributed by atoms with Crippen LogP contribution in [-0.2, 0) is 22.5 Å². The lowest BCUT2D eigenvalue weighted by molar-refractivity contribution is -0.140. The molecule has 0 aliphatic carbocycles. The minimum atomic E-state index is -4.46. The van der Waals surface area contributed by atoms with Crippen LogP contribution in [0.1, 0.15) is 33.4 Å². The van der Waals surface area contributed by atoms with Crippen LogP contribution >= 0.6 is 0 Å². The first-order valence-electron chi connectivity index (χ1n) is 7.97. The molecule has 1 aromatic carbocycles.